The lowest BCUT2D eigenvalue weighted by atomic mass is 10.0. The van der Waals surface area contributed by atoms with Gasteiger partial charge in [0.25, 0.3) is 5.91 Å². The molecule has 32 heavy (non-hydrogen) atoms. The van der Waals surface area contributed by atoms with Crippen molar-refractivity contribution in [2.45, 2.75) is 12.5 Å². The van der Waals surface area contributed by atoms with Gasteiger partial charge in [0.2, 0.25) is 5.91 Å². The molecule has 4 aromatic rings. The molecule has 0 fully saturated rings. The first kappa shape index (κ1) is 21.5. The summed E-state index contributed by atoms with van der Waals surface area (Å²) in [6, 6.07) is 15.7. The zero-order valence-corrected chi connectivity index (χ0v) is 18.5. The highest BCUT2D eigenvalue weighted by atomic mass is 32.1. The van der Waals surface area contributed by atoms with Gasteiger partial charge in [-0.3, -0.25) is 9.59 Å². The van der Waals surface area contributed by atoms with Crippen LogP contribution in [0, 0.1) is 0 Å². The highest BCUT2D eigenvalue weighted by molar-refractivity contribution is 7.12. The topological polar surface area (TPSA) is 92.5 Å². The highest BCUT2D eigenvalue weighted by Crippen LogP contribution is 2.30. The molecule has 2 aromatic heterocycles. The zero-order valence-electron chi connectivity index (χ0n) is 17.7. The van der Waals surface area contributed by atoms with Crippen LogP contribution in [0.25, 0.3) is 10.9 Å². The van der Waals surface area contributed by atoms with Crippen LogP contribution in [-0.2, 0) is 11.2 Å². The van der Waals surface area contributed by atoms with Gasteiger partial charge in [0.05, 0.1) is 19.1 Å². The Hall–Kier alpha value is -3.78. The maximum absolute atomic E-state index is 13.2. The second-order valence-corrected chi connectivity index (χ2v) is 8.07. The largest absolute Gasteiger partial charge is 0.493 e. The Morgan fingerprint density at radius 3 is 2.59 bits per heavy atom. The summed E-state index contributed by atoms with van der Waals surface area (Å²) in [5.41, 5.74) is 2.47. The minimum atomic E-state index is -0.781. The number of benzene rings is 2. The summed E-state index contributed by atoms with van der Waals surface area (Å²) in [5.74, 6) is 0.452. The van der Waals surface area contributed by atoms with Crippen LogP contribution in [0.4, 0.5) is 5.69 Å². The van der Waals surface area contributed by atoms with Gasteiger partial charge in [-0.1, -0.05) is 24.3 Å². The molecule has 0 bridgehead atoms. The molecule has 7 nitrogen and oxygen atoms in total. The van der Waals surface area contributed by atoms with E-state index in [1.807, 2.05) is 35.8 Å². The Morgan fingerprint density at radius 2 is 1.84 bits per heavy atom. The van der Waals surface area contributed by atoms with Crippen LogP contribution in [0.3, 0.4) is 0 Å². The van der Waals surface area contributed by atoms with Gasteiger partial charge in [0, 0.05) is 35.3 Å². The van der Waals surface area contributed by atoms with Gasteiger partial charge in [-0.2, -0.15) is 0 Å². The first-order valence-electron chi connectivity index (χ1n) is 10.0. The van der Waals surface area contributed by atoms with Gasteiger partial charge < -0.3 is 25.1 Å². The molecule has 0 saturated heterocycles. The lowest BCUT2D eigenvalue weighted by Crippen LogP contribution is -2.45. The third kappa shape index (κ3) is 4.60. The number of carbonyl (C=O) groups excluding carboxylic acids is 2. The molecule has 0 aliphatic rings. The van der Waals surface area contributed by atoms with Crippen LogP contribution >= 0.6 is 11.3 Å². The number of thiophene rings is 1. The number of nitrogens with one attached hydrogen (secondary N) is 3. The highest BCUT2D eigenvalue weighted by Gasteiger charge is 2.24. The normalized spacial score (nSPS) is 11.7. The summed E-state index contributed by atoms with van der Waals surface area (Å²) < 4.78 is 10.6. The minimum absolute atomic E-state index is 0.285. The number of carbonyl (C=O) groups is 2. The van der Waals surface area contributed by atoms with Crippen molar-refractivity contribution in [3.8, 4) is 11.5 Å². The molecule has 2 heterocycles. The number of H-pyrrole nitrogens is 1. The summed E-state index contributed by atoms with van der Waals surface area (Å²) >= 11 is 1.33. The number of aromatic amines is 1. The van der Waals surface area contributed by atoms with Crippen molar-refractivity contribution >= 4 is 39.7 Å². The van der Waals surface area contributed by atoms with E-state index in [-0.39, 0.29) is 11.8 Å². The fraction of sp³-hybridized carbons (Fsp3) is 0.167. The molecule has 0 aliphatic heterocycles. The van der Waals surface area contributed by atoms with E-state index in [0.717, 1.165) is 16.5 Å². The predicted octanol–water partition coefficient (Wildman–Crippen LogP) is 4.23. The van der Waals surface area contributed by atoms with E-state index in [0.29, 0.717) is 28.5 Å². The zero-order chi connectivity index (χ0) is 22.5. The molecule has 0 saturated carbocycles. The molecule has 4 rings (SSSR count). The Kier molecular flexibility index (Phi) is 6.42. The molecular weight excluding hydrogens is 426 g/mol. The van der Waals surface area contributed by atoms with Crippen LogP contribution in [0.2, 0.25) is 0 Å². The predicted molar refractivity (Wildman–Crippen MR) is 126 cm³/mol. The van der Waals surface area contributed by atoms with E-state index in [1.54, 1.807) is 37.4 Å². The molecular formula is C24H23N3O4S. The summed E-state index contributed by atoms with van der Waals surface area (Å²) in [6.07, 6.45) is 2.21. The van der Waals surface area contributed by atoms with Gasteiger partial charge >= 0.3 is 0 Å². The molecule has 1 atom stereocenters. The van der Waals surface area contributed by atoms with Crippen LogP contribution in [0.5, 0.6) is 11.5 Å². The minimum Gasteiger partial charge on any atom is -0.493 e. The summed E-state index contributed by atoms with van der Waals surface area (Å²) in [5, 5.41) is 8.61. The Balaban J connectivity index is 1.59. The second-order valence-electron chi connectivity index (χ2n) is 7.13. The third-order valence-corrected chi connectivity index (χ3v) is 5.99. The van der Waals surface area contributed by atoms with Gasteiger partial charge in [-0.05, 0) is 35.2 Å². The molecule has 2 aromatic carbocycles. The number of amides is 2. The number of hydrogen-bond acceptors (Lipinski definition) is 5. The number of fused-ring (bicyclic) bond motifs is 1. The first-order valence-corrected chi connectivity index (χ1v) is 10.9. The Labute approximate surface area is 189 Å². The van der Waals surface area contributed by atoms with E-state index in [4.69, 9.17) is 9.47 Å². The number of aromatic nitrogens is 1. The Morgan fingerprint density at radius 1 is 1.03 bits per heavy atom. The van der Waals surface area contributed by atoms with Gasteiger partial charge in [0.15, 0.2) is 11.5 Å². The molecule has 0 unspecified atom stereocenters. The fourth-order valence-corrected chi connectivity index (χ4v) is 4.14. The van der Waals surface area contributed by atoms with Crippen molar-refractivity contribution in [2.75, 3.05) is 19.5 Å². The van der Waals surface area contributed by atoms with Crippen LogP contribution in [0.1, 0.15) is 15.2 Å². The number of hydrogen-bond donors (Lipinski definition) is 3. The molecule has 0 spiro atoms. The quantitative estimate of drug-likeness (QED) is 0.375. The monoisotopic (exact) mass is 449 g/mol. The summed E-state index contributed by atoms with van der Waals surface area (Å²) in [4.78, 5) is 29.7. The number of ether oxygens (including phenoxy) is 2. The SMILES string of the molecule is COc1ccc(NC(=O)[C@@H](Cc2c[nH]c3ccccc23)NC(=O)c2cccs2)cc1OC. The van der Waals surface area contributed by atoms with Crippen molar-refractivity contribution in [2.24, 2.45) is 0 Å². The standard InChI is InChI=1S/C24H23N3O4S/c1-30-20-10-9-16(13-21(20)31-2)26-23(28)19(27-24(29)22-8-5-11-32-22)12-15-14-25-18-7-4-3-6-17(15)18/h3-11,13-14,19,25H,12H2,1-2H3,(H,26,28)(H,27,29)/t19-/m1/s1. The molecule has 8 heteroatoms. The van der Waals surface area contributed by atoms with Crippen molar-refractivity contribution in [3.05, 3.63) is 76.6 Å². The lowest BCUT2D eigenvalue weighted by molar-refractivity contribution is -0.118. The number of para-hydroxylation sites is 1. The van der Waals surface area contributed by atoms with Crippen molar-refractivity contribution in [1.29, 1.82) is 0 Å². The average Bonchev–Trinajstić information content (AvgIpc) is 3.49. The smallest absolute Gasteiger partial charge is 0.262 e. The summed E-state index contributed by atoms with van der Waals surface area (Å²) in [6.45, 7) is 0. The van der Waals surface area contributed by atoms with E-state index in [9.17, 15) is 9.59 Å². The second kappa shape index (κ2) is 9.57. The first-order chi connectivity index (χ1) is 15.6. The molecule has 2 amide bonds. The maximum atomic E-state index is 13.2. The third-order valence-electron chi connectivity index (χ3n) is 5.12. The maximum Gasteiger partial charge on any atom is 0.262 e. The summed E-state index contributed by atoms with van der Waals surface area (Å²) in [7, 11) is 3.08. The van der Waals surface area contributed by atoms with E-state index in [1.165, 1.54) is 18.4 Å². The Bertz CT molecular complexity index is 1230. The average molecular weight is 450 g/mol. The molecule has 3 N–H and O–H groups in total. The van der Waals surface area contributed by atoms with E-state index in [2.05, 4.69) is 15.6 Å². The van der Waals surface area contributed by atoms with Gasteiger partial charge in [-0.25, -0.2) is 0 Å². The number of anilines is 1. The van der Waals surface area contributed by atoms with Crippen LogP contribution < -0.4 is 20.1 Å². The van der Waals surface area contributed by atoms with Crippen molar-refractivity contribution < 1.29 is 19.1 Å². The van der Waals surface area contributed by atoms with Gasteiger partial charge in [-0.15, -0.1) is 11.3 Å². The van der Waals surface area contributed by atoms with Crippen molar-refractivity contribution in [1.82, 2.24) is 10.3 Å². The van der Waals surface area contributed by atoms with E-state index < -0.39 is 6.04 Å². The lowest BCUT2D eigenvalue weighted by Gasteiger charge is -2.19. The van der Waals surface area contributed by atoms with E-state index >= 15 is 0 Å². The van der Waals surface area contributed by atoms with Crippen LogP contribution in [-0.4, -0.2) is 37.1 Å². The van der Waals surface area contributed by atoms with Crippen LogP contribution in [0.15, 0.2) is 66.2 Å². The van der Waals surface area contributed by atoms with Gasteiger partial charge in [0.1, 0.15) is 6.04 Å². The molecule has 0 radical (unpaired) electrons. The molecule has 164 valence electrons. The van der Waals surface area contributed by atoms with Crippen molar-refractivity contribution in [3.63, 3.8) is 0 Å². The molecule has 0 aliphatic carbocycles. The fourth-order valence-electron chi connectivity index (χ4n) is 3.51. The number of rotatable bonds is 8. The number of methoxy groups -OCH3 is 2.